The average Bonchev–Trinajstić information content (AvgIpc) is 2.26. The Morgan fingerprint density at radius 1 is 1.06 bits per heavy atom. The molecule has 0 bridgehead atoms. The first-order chi connectivity index (χ1) is 7.49. The molecule has 0 aromatic rings. The first-order valence-electron chi connectivity index (χ1n) is 5.73. The zero-order valence-electron chi connectivity index (χ0n) is 11.3. The molecule has 0 rings (SSSR count). The third-order valence-corrected chi connectivity index (χ3v) is 1.87. The van der Waals surface area contributed by atoms with Gasteiger partial charge in [-0.15, -0.1) is 0 Å². The number of hydrogen-bond donors (Lipinski definition) is 2. The first-order valence-corrected chi connectivity index (χ1v) is 5.73. The second kappa shape index (κ2) is 11.8. The van der Waals surface area contributed by atoms with Crippen molar-refractivity contribution < 1.29 is 0 Å². The van der Waals surface area contributed by atoms with E-state index in [1.54, 1.807) is 26.0 Å². The second-order valence-electron chi connectivity index (χ2n) is 3.65. The summed E-state index contributed by atoms with van der Waals surface area (Å²) in [7, 11) is 5.12. The van der Waals surface area contributed by atoms with E-state index in [-0.39, 0.29) is 5.96 Å². The Hall–Kier alpha value is -1.26. The number of nitrogens with two attached hydrogens (primary N) is 2. The van der Waals surface area contributed by atoms with Crippen LogP contribution in [0.4, 0.5) is 0 Å². The van der Waals surface area contributed by atoms with Gasteiger partial charge in [-0.1, -0.05) is 39.5 Å². The van der Waals surface area contributed by atoms with Crippen LogP contribution in [-0.2, 0) is 0 Å². The SMILES string of the molecule is CCCCCC.CN=C(N)/N=C(\N)N(C)C. The van der Waals surface area contributed by atoms with Crippen LogP contribution < -0.4 is 11.5 Å². The largest absolute Gasteiger partial charge is 0.369 e. The van der Waals surface area contributed by atoms with Crippen molar-refractivity contribution in [3.8, 4) is 0 Å². The van der Waals surface area contributed by atoms with Crippen LogP contribution in [0.2, 0.25) is 0 Å². The molecule has 0 heterocycles. The number of nitrogens with zero attached hydrogens (tertiary/aromatic N) is 3. The Labute approximate surface area is 99.6 Å². The summed E-state index contributed by atoms with van der Waals surface area (Å²) < 4.78 is 0. The molecule has 0 radical (unpaired) electrons. The van der Waals surface area contributed by atoms with Gasteiger partial charge in [0, 0.05) is 21.1 Å². The molecule has 0 aliphatic rings. The number of guanidine groups is 2. The van der Waals surface area contributed by atoms with Crippen LogP contribution in [0.25, 0.3) is 0 Å². The van der Waals surface area contributed by atoms with E-state index < -0.39 is 0 Å². The predicted octanol–water partition coefficient (Wildman–Crippen LogP) is 1.39. The Balaban J connectivity index is 0. The molecule has 0 atom stereocenters. The normalized spacial score (nSPS) is 11.8. The fourth-order valence-corrected chi connectivity index (χ4v) is 0.767. The summed E-state index contributed by atoms with van der Waals surface area (Å²) in [6.07, 6.45) is 5.54. The van der Waals surface area contributed by atoms with E-state index in [9.17, 15) is 0 Å². The van der Waals surface area contributed by atoms with Crippen molar-refractivity contribution in [2.24, 2.45) is 21.5 Å². The molecule has 0 aliphatic carbocycles. The van der Waals surface area contributed by atoms with Gasteiger partial charge in [-0.3, -0.25) is 4.99 Å². The quantitative estimate of drug-likeness (QED) is 0.436. The molecule has 0 saturated heterocycles. The van der Waals surface area contributed by atoms with Crippen molar-refractivity contribution in [1.82, 2.24) is 4.90 Å². The lowest BCUT2D eigenvalue weighted by Gasteiger charge is -2.09. The molecule has 5 nitrogen and oxygen atoms in total. The minimum atomic E-state index is 0.186. The minimum absolute atomic E-state index is 0.186. The predicted molar refractivity (Wildman–Crippen MR) is 72.7 cm³/mol. The van der Waals surface area contributed by atoms with E-state index in [2.05, 4.69) is 23.8 Å². The van der Waals surface area contributed by atoms with Crippen molar-refractivity contribution in [3.05, 3.63) is 0 Å². The maximum Gasteiger partial charge on any atom is 0.218 e. The standard InChI is InChI=1S/C6H14.C5H13N5/c1-3-5-6-4-2;1-8-4(6)9-5(7)10(2)3/h3-6H2,1-2H3;1-3H3,(H4,6,7,8,9). The maximum atomic E-state index is 5.41. The summed E-state index contributed by atoms with van der Waals surface area (Å²) in [6.45, 7) is 4.46. The van der Waals surface area contributed by atoms with Crippen molar-refractivity contribution >= 4 is 11.9 Å². The van der Waals surface area contributed by atoms with E-state index in [0.29, 0.717) is 5.96 Å². The van der Waals surface area contributed by atoms with Gasteiger partial charge >= 0.3 is 0 Å². The summed E-state index contributed by atoms with van der Waals surface area (Å²) in [5, 5.41) is 0. The molecule has 0 amide bonds. The van der Waals surface area contributed by atoms with Gasteiger partial charge in [0.05, 0.1) is 0 Å². The number of hydrogen-bond acceptors (Lipinski definition) is 1. The molecule has 0 saturated carbocycles. The van der Waals surface area contributed by atoms with Crippen LogP contribution in [0.5, 0.6) is 0 Å². The van der Waals surface area contributed by atoms with Gasteiger partial charge in [0.2, 0.25) is 5.96 Å². The van der Waals surface area contributed by atoms with Crippen LogP contribution in [0.15, 0.2) is 9.98 Å². The highest BCUT2D eigenvalue weighted by Crippen LogP contribution is 1.95. The van der Waals surface area contributed by atoms with Crippen molar-refractivity contribution in [3.63, 3.8) is 0 Å². The number of aliphatic imine (C=N–C) groups is 2. The van der Waals surface area contributed by atoms with E-state index in [1.165, 1.54) is 25.7 Å². The van der Waals surface area contributed by atoms with Crippen LogP contribution in [-0.4, -0.2) is 38.0 Å². The lowest BCUT2D eigenvalue weighted by Crippen LogP contribution is -2.32. The molecule has 5 heteroatoms. The molecule has 0 fully saturated rings. The molecule has 96 valence electrons. The smallest absolute Gasteiger partial charge is 0.218 e. The van der Waals surface area contributed by atoms with Crippen LogP contribution in [0, 0.1) is 0 Å². The van der Waals surface area contributed by atoms with Crippen LogP contribution in [0.1, 0.15) is 39.5 Å². The van der Waals surface area contributed by atoms with Crippen molar-refractivity contribution in [1.29, 1.82) is 0 Å². The molecule has 0 aliphatic heterocycles. The van der Waals surface area contributed by atoms with Crippen molar-refractivity contribution in [2.75, 3.05) is 21.1 Å². The van der Waals surface area contributed by atoms with E-state index in [4.69, 9.17) is 11.5 Å². The van der Waals surface area contributed by atoms with E-state index >= 15 is 0 Å². The molecule has 0 aromatic heterocycles. The van der Waals surface area contributed by atoms with Crippen LogP contribution >= 0.6 is 0 Å². The molecule has 16 heavy (non-hydrogen) atoms. The monoisotopic (exact) mass is 229 g/mol. The summed E-state index contributed by atoms with van der Waals surface area (Å²) >= 11 is 0. The van der Waals surface area contributed by atoms with Crippen molar-refractivity contribution in [2.45, 2.75) is 39.5 Å². The Morgan fingerprint density at radius 3 is 1.75 bits per heavy atom. The zero-order chi connectivity index (χ0) is 13.0. The fourth-order valence-electron chi connectivity index (χ4n) is 0.767. The Bertz CT molecular complexity index is 204. The summed E-state index contributed by atoms with van der Waals surface area (Å²) in [5.74, 6) is 0.536. The Kier molecular flexibility index (Phi) is 12.7. The molecule has 4 N–H and O–H groups in total. The topological polar surface area (TPSA) is 80.0 Å². The van der Waals surface area contributed by atoms with Gasteiger partial charge < -0.3 is 16.4 Å². The molecular formula is C11H27N5. The number of unbranched alkanes of at least 4 members (excludes halogenated alkanes) is 3. The van der Waals surface area contributed by atoms with Gasteiger partial charge in [0.1, 0.15) is 0 Å². The van der Waals surface area contributed by atoms with Gasteiger partial charge in [-0.2, -0.15) is 4.99 Å². The van der Waals surface area contributed by atoms with Gasteiger partial charge in [-0.05, 0) is 0 Å². The molecule has 0 spiro atoms. The zero-order valence-corrected chi connectivity index (χ0v) is 11.3. The highest BCUT2D eigenvalue weighted by Gasteiger charge is 1.93. The average molecular weight is 229 g/mol. The molecule has 0 unspecified atom stereocenters. The summed E-state index contributed by atoms with van der Waals surface area (Å²) in [5.41, 5.74) is 10.7. The first kappa shape index (κ1) is 17.1. The molecular weight excluding hydrogens is 202 g/mol. The highest BCUT2D eigenvalue weighted by molar-refractivity contribution is 5.92. The Morgan fingerprint density at radius 2 is 1.50 bits per heavy atom. The summed E-state index contributed by atoms with van der Waals surface area (Å²) in [6, 6.07) is 0. The van der Waals surface area contributed by atoms with E-state index in [1.807, 2.05) is 0 Å². The van der Waals surface area contributed by atoms with Crippen LogP contribution in [0.3, 0.4) is 0 Å². The second-order valence-corrected chi connectivity index (χ2v) is 3.65. The highest BCUT2D eigenvalue weighted by atomic mass is 15.2. The third-order valence-electron chi connectivity index (χ3n) is 1.87. The van der Waals surface area contributed by atoms with Gasteiger partial charge in [0.25, 0.3) is 0 Å². The minimum Gasteiger partial charge on any atom is -0.369 e. The van der Waals surface area contributed by atoms with Gasteiger partial charge in [-0.25, -0.2) is 0 Å². The lowest BCUT2D eigenvalue weighted by atomic mass is 10.2. The van der Waals surface area contributed by atoms with Gasteiger partial charge in [0.15, 0.2) is 5.96 Å². The maximum absolute atomic E-state index is 5.41. The lowest BCUT2D eigenvalue weighted by molar-refractivity contribution is 0.615. The third kappa shape index (κ3) is 12.7. The number of rotatable bonds is 3. The molecule has 0 aromatic carbocycles. The van der Waals surface area contributed by atoms with E-state index in [0.717, 1.165) is 0 Å². The fraction of sp³-hybridized carbons (Fsp3) is 0.818. The summed E-state index contributed by atoms with van der Waals surface area (Å²) in [4.78, 5) is 9.00.